The molecule has 3 amide bonds. The van der Waals surface area contributed by atoms with Crippen molar-refractivity contribution in [2.45, 2.75) is 6.54 Å². The van der Waals surface area contributed by atoms with Gasteiger partial charge in [-0.3, -0.25) is 10.1 Å². The number of imide groups is 1. The molecule has 0 spiro atoms. The first-order valence-electron chi connectivity index (χ1n) is 7.75. The van der Waals surface area contributed by atoms with Gasteiger partial charge in [0.2, 0.25) is 0 Å². The van der Waals surface area contributed by atoms with Gasteiger partial charge in [-0.15, -0.1) is 0 Å². The van der Waals surface area contributed by atoms with E-state index in [1.807, 2.05) is 30.3 Å². The smallest absolute Gasteiger partial charge is 0.331 e. The van der Waals surface area contributed by atoms with Crippen molar-refractivity contribution < 1.29 is 23.5 Å². The molecule has 0 saturated carbocycles. The van der Waals surface area contributed by atoms with E-state index in [1.165, 1.54) is 30.3 Å². The molecule has 2 aromatic carbocycles. The molecule has 0 atom stereocenters. The number of carbonyl (C=O) groups excluding carboxylic acids is 3. The third kappa shape index (κ3) is 6.96. The van der Waals surface area contributed by atoms with Crippen LogP contribution in [0.1, 0.15) is 11.1 Å². The second kappa shape index (κ2) is 9.73. The molecule has 0 aliphatic rings. The van der Waals surface area contributed by atoms with E-state index in [0.29, 0.717) is 5.56 Å². The molecule has 0 heterocycles. The zero-order valence-corrected chi connectivity index (χ0v) is 13.8. The quantitative estimate of drug-likeness (QED) is 0.615. The van der Waals surface area contributed by atoms with Crippen LogP contribution in [0.5, 0.6) is 0 Å². The Morgan fingerprint density at radius 1 is 1.00 bits per heavy atom. The Hall–Kier alpha value is -3.48. The van der Waals surface area contributed by atoms with Gasteiger partial charge in [0.05, 0.1) is 0 Å². The van der Waals surface area contributed by atoms with E-state index >= 15 is 0 Å². The molecular weight excluding hydrogens is 339 g/mol. The highest BCUT2D eigenvalue weighted by Crippen LogP contribution is 2.04. The number of halogens is 1. The van der Waals surface area contributed by atoms with Crippen LogP contribution in [0.3, 0.4) is 0 Å². The summed E-state index contributed by atoms with van der Waals surface area (Å²) in [6, 6.07) is 14.0. The van der Waals surface area contributed by atoms with Crippen molar-refractivity contribution in [3.05, 3.63) is 77.6 Å². The highest BCUT2D eigenvalue weighted by atomic mass is 19.1. The van der Waals surface area contributed by atoms with Crippen LogP contribution in [-0.2, 0) is 20.9 Å². The number of carbonyl (C=O) groups is 3. The second-order valence-corrected chi connectivity index (χ2v) is 5.21. The van der Waals surface area contributed by atoms with Crippen LogP contribution in [0.25, 0.3) is 6.08 Å². The molecule has 2 N–H and O–H groups in total. The van der Waals surface area contributed by atoms with Crippen molar-refractivity contribution in [1.29, 1.82) is 0 Å². The minimum absolute atomic E-state index is 0.264. The van der Waals surface area contributed by atoms with Crippen molar-refractivity contribution in [3.8, 4) is 0 Å². The Kier molecular flexibility index (Phi) is 7.05. The van der Waals surface area contributed by atoms with Crippen molar-refractivity contribution in [3.63, 3.8) is 0 Å². The molecular formula is C19H17FN2O4. The molecule has 0 aliphatic heterocycles. The largest absolute Gasteiger partial charge is 0.452 e. The average Bonchev–Trinajstić information content (AvgIpc) is 2.65. The van der Waals surface area contributed by atoms with Gasteiger partial charge in [0.15, 0.2) is 6.61 Å². The molecule has 0 aliphatic carbocycles. The molecule has 0 saturated heterocycles. The Bertz CT molecular complexity index is 789. The van der Waals surface area contributed by atoms with Crippen molar-refractivity contribution in [1.82, 2.24) is 10.6 Å². The zero-order valence-electron chi connectivity index (χ0n) is 13.8. The van der Waals surface area contributed by atoms with Gasteiger partial charge >= 0.3 is 12.0 Å². The molecule has 0 bridgehead atoms. The molecule has 7 heteroatoms. The van der Waals surface area contributed by atoms with Crippen LogP contribution in [0, 0.1) is 5.82 Å². The SMILES string of the molecule is O=C(COC(=O)C=Cc1ccc(F)cc1)NC(=O)NCc1ccccc1. The lowest BCUT2D eigenvalue weighted by atomic mass is 10.2. The lowest BCUT2D eigenvalue weighted by Gasteiger charge is -2.06. The second-order valence-electron chi connectivity index (χ2n) is 5.21. The highest BCUT2D eigenvalue weighted by Gasteiger charge is 2.09. The summed E-state index contributed by atoms with van der Waals surface area (Å²) < 4.78 is 17.5. The van der Waals surface area contributed by atoms with Gasteiger partial charge in [0, 0.05) is 12.6 Å². The number of urea groups is 1. The van der Waals surface area contributed by atoms with Crippen LogP contribution in [0.2, 0.25) is 0 Å². The maximum Gasteiger partial charge on any atom is 0.331 e. The van der Waals surface area contributed by atoms with Gasteiger partial charge < -0.3 is 10.1 Å². The molecule has 0 unspecified atom stereocenters. The van der Waals surface area contributed by atoms with Crippen molar-refractivity contribution >= 4 is 24.0 Å². The fraction of sp³-hybridized carbons (Fsp3) is 0.105. The third-order valence-corrected chi connectivity index (χ3v) is 3.18. The van der Waals surface area contributed by atoms with E-state index < -0.39 is 24.5 Å². The number of rotatable bonds is 6. The van der Waals surface area contributed by atoms with Crippen LogP contribution in [-0.4, -0.2) is 24.5 Å². The van der Waals surface area contributed by atoms with Gasteiger partial charge in [0.25, 0.3) is 5.91 Å². The Balaban J connectivity index is 1.68. The Morgan fingerprint density at radius 2 is 1.69 bits per heavy atom. The molecule has 6 nitrogen and oxygen atoms in total. The molecule has 134 valence electrons. The minimum atomic E-state index is -0.755. The fourth-order valence-electron chi connectivity index (χ4n) is 1.91. The van der Waals surface area contributed by atoms with E-state index in [0.717, 1.165) is 11.6 Å². The molecule has 2 rings (SSSR count). The number of amides is 3. The summed E-state index contributed by atoms with van der Waals surface area (Å²) in [5, 5.41) is 4.57. The predicted molar refractivity (Wildman–Crippen MR) is 93.2 cm³/mol. The van der Waals surface area contributed by atoms with E-state index in [9.17, 15) is 18.8 Å². The summed E-state index contributed by atoms with van der Waals surface area (Å²) in [5.41, 5.74) is 1.49. The fourth-order valence-corrected chi connectivity index (χ4v) is 1.91. The summed E-state index contributed by atoms with van der Waals surface area (Å²) >= 11 is 0. The number of hydrogen-bond donors (Lipinski definition) is 2. The summed E-state index contributed by atoms with van der Waals surface area (Å²) in [5.74, 6) is -1.89. The van der Waals surface area contributed by atoms with E-state index in [4.69, 9.17) is 4.74 Å². The number of nitrogens with one attached hydrogen (secondary N) is 2. The summed E-state index contributed by atoms with van der Waals surface area (Å²) in [7, 11) is 0. The van der Waals surface area contributed by atoms with Crippen LogP contribution < -0.4 is 10.6 Å². The van der Waals surface area contributed by atoms with Gasteiger partial charge in [-0.1, -0.05) is 42.5 Å². The normalized spacial score (nSPS) is 10.3. The third-order valence-electron chi connectivity index (χ3n) is 3.18. The number of esters is 1. The van der Waals surface area contributed by atoms with Gasteiger partial charge in [-0.05, 0) is 29.3 Å². The van der Waals surface area contributed by atoms with E-state index in [2.05, 4.69) is 10.6 Å². The molecule has 26 heavy (non-hydrogen) atoms. The van der Waals surface area contributed by atoms with Crippen molar-refractivity contribution in [2.24, 2.45) is 0 Å². The predicted octanol–water partition coefficient (Wildman–Crippen LogP) is 2.41. The highest BCUT2D eigenvalue weighted by molar-refractivity contribution is 5.96. The van der Waals surface area contributed by atoms with Crippen LogP contribution in [0.15, 0.2) is 60.7 Å². The molecule has 2 aromatic rings. The van der Waals surface area contributed by atoms with E-state index in [1.54, 1.807) is 0 Å². The Labute approximate surface area is 149 Å². The lowest BCUT2D eigenvalue weighted by Crippen LogP contribution is -2.41. The number of hydrogen-bond acceptors (Lipinski definition) is 4. The number of benzene rings is 2. The first-order chi connectivity index (χ1) is 12.5. The Morgan fingerprint density at radius 3 is 2.38 bits per heavy atom. The van der Waals surface area contributed by atoms with E-state index in [-0.39, 0.29) is 12.4 Å². The molecule has 0 fully saturated rings. The maximum atomic E-state index is 12.8. The van der Waals surface area contributed by atoms with Crippen LogP contribution in [0.4, 0.5) is 9.18 Å². The average molecular weight is 356 g/mol. The zero-order chi connectivity index (χ0) is 18.8. The number of ether oxygens (including phenoxy) is 1. The minimum Gasteiger partial charge on any atom is -0.452 e. The first-order valence-corrected chi connectivity index (χ1v) is 7.75. The topological polar surface area (TPSA) is 84.5 Å². The summed E-state index contributed by atoms with van der Waals surface area (Å²) in [6.45, 7) is -0.328. The van der Waals surface area contributed by atoms with Gasteiger partial charge in [-0.2, -0.15) is 0 Å². The van der Waals surface area contributed by atoms with Gasteiger partial charge in [0.1, 0.15) is 5.82 Å². The first kappa shape index (κ1) is 18.9. The van der Waals surface area contributed by atoms with Gasteiger partial charge in [-0.25, -0.2) is 14.0 Å². The lowest BCUT2D eigenvalue weighted by molar-refractivity contribution is -0.143. The standard InChI is InChI=1S/C19H17FN2O4/c20-16-9-6-14(7-10-16)8-11-18(24)26-13-17(23)22-19(25)21-12-15-4-2-1-3-5-15/h1-11H,12-13H2,(H2,21,22,23,25). The van der Waals surface area contributed by atoms with Crippen LogP contribution >= 0.6 is 0 Å². The van der Waals surface area contributed by atoms with Crippen molar-refractivity contribution in [2.75, 3.05) is 6.61 Å². The molecule has 0 aromatic heterocycles. The molecule has 0 radical (unpaired) electrons. The summed E-state index contributed by atoms with van der Waals surface area (Å²) in [6.07, 6.45) is 2.53. The maximum absolute atomic E-state index is 12.8. The monoisotopic (exact) mass is 356 g/mol. The summed E-state index contributed by atoms with van der Waals surface area (Å²) in [4.78, 5) is 34.7.